The van der Waals surface area contributed by atoms with Crippen molar-refractivity contribution in [2.45, 2.75) is 11.6 Å². The number of benzene rings is 1. The lowest BCUT2D eigenvalue weighted by Gasteiger charge is -2.36. The number of ether oxygens (including phenoxy) is 1. The van der Waals surface area contributed by atoms with Gasteiger partial charge in [-0.15, -0.1) is 0 Å². The van der Waals surface area contributed by atoms with Gasteiger partial charge in [0.25, 0.3) is 0 Å². The van der Waals surface area contributed by atoms with Crippen molar-refractivity contribution in [3.05, 3.63) is 41.3 Å². The highest BCUT2D eigenvalue weighted by atomic mass is 35.5. The zero-order chi connectivity index (χ0) is 21.3. The molecule has 3 rings (SSSR count). The summed E-state index contributed by atoms with van der Waals surface area (Å²) in [6.45, 7) is 3.90. The van der Waals surface area contributed by atoms with Gasteiger partial charge in [0.1, 0.15) is 16.8 Å². The van der Waals surface area contributed by atoms with Crippen LogP contribution in [0.3, 0.4) is 0 Å². The quantitative estimate of drug-likeness (QED) is 0.271. The number of nitrogens with zero attached hydrogens (tertiary/aromatic N) is 4. The van der Waals surface area contributed by atoms with Crippen molar-refractivity contribution in [1.82, 2.24) is 15.3 Å². The van der Waals surface area contributed by atoms with Crippen LogP contribution >= 0.6 is 23.4 Å². The van der Waals surface area contributed by atoms with E-state index in [9.17, 15) is 9.18 Å². The first-order chi connectivity index (χ1) is 14.6. The van der Waals surface area contributed by atoms with E-state index < -0.39 is 0 Å². The molecule has 10 heteroatoms. The van der Waals surface area contributed by atoms with Gasteiger partial charge in [0, 0.05) is 52.5 Å². The van der Waals surface area contributed by atoms with Crippen molar-refractivity contribution >= 4 is 40.8 Å². The number of piperazine rings is 1. The fraction of sp³-hybridized carbons (Fsp3) is 0.450. The molecule has 0 bridgehead atoms. The standard InChI is InChI=1S/C20H25ClFN5O2S/c1-29-12-4-7-23-19(28)14-30-20-24-17(21)13-18(25-20)27-10-8-26(9-11-27)16-6-3-2-5-15(16)22/h2-3,5-6,13H,4,7-12,14H2,1H3,(H,23,28). The molecule has 2 heterocycles. The first-order valence-electron chi connectivity index (χ1n) is 9.74. The third kappa shape index (κ3) is 6.45. The number of aromatic nitrogens is 2. The first kappa shape index (κ1) is 22.6. The van der Waals surface area contributed by atoms with E-state index >= 15 is 0 Å². The van der Waals surface area contributed by atoms with E-state index in [1.54, 1.807) is 25.3 Å². The zero-order valence-corrected chi connectivity index (χ0v) is 18.4. The van der Waals surface area contributed by atoms with Gasteiger partial charge in [0.2, 0.25) is 5.91 Å². The molecule has 7 nitrogen and oxygen atoms in total. The fourth-order valence-corrected chi connectivity index (χ4v) is 4.03. The molecule has 0 radical (unpaired) electrons. The van der Waals surface area contributed by atoms with Crippen molar-refractivity contribution < 1.29 is 13.9 Å². The number of carbonyl (C=O) groups is 1. The molecular weight excluding hydrogens is 429 g/mol. The van der Waals surface area contributed by atoms with E-state index in [4.69, 9.17) is 16.3 Å². The van der Waals surface area contributed by atoms with Crippen LogP contribution in [0.4, 0.5) is 15.9 Å². The number of methoxy groups -OCH3 is 1. The lowest BCUT2D eigenvalue weighted by Crippen LogP contribution is -2.47. The van der Waals surface area contributed by atoms with Gasteiger partial charge in [0.15, 0.2) is 5.16 Å². The highest BCUT2D eigenvalue weighted by Crippen LogP contribution is 2.25. The molecule has 1 aliphatic heterocycles. The van der Waals surface area contributed by atoms with E-state index in [1.807, 2.05) is 11.0 Å². The largest absolute Gasteiger partial charge is 0.385 e. The molecule has 162 valence electrons. The molecule has 0 aliphatic carbocycles. The van der Waals surface area contributed by atoms with Gasteiger partial charge in [-0.05, 0) is 18.6 Å². The lowest BCUT2D eigenvalue weighted by molar-refractivity contribution is -0.118. The Morgan fingerprint density at radius 2 is 1.97 bits per heavy atom. The van der Waals surface area contributed by atoms with Crippen LogP contribution < -0.4 is 15.1 Å². The second-order valence-corrected chi connectivity index (χ2v) is 8.07. The third-order valence-corrected chi connectivity index (χ3v) is 5.68. The molecule has 0 atom stereocenters. The molecule has 1 fully saturated rings. The van der Waals surface area contributed by atoms with Crippen molar-refractivity contribution in [3.8, 4) is 0 Å². The number of amides is 1. The molecule has 30 heavy (non-hydrogen) atoms. The van der Waals surface area contributed by atoms with E-state index in [0.717, 1.165) is 6.42 Å². The van der Waals surface area contributed by atoms with Crippen LogP contribution in [0.15, 0.2) is 35.5 Å². The second kappa shape index (κ2) is 11.3. The number of halogens is 2. The Morgan fingerprint density at radius 3 is 2.70 bits per heavy atom. The van der Waals surface area contributed by atoms with Gasteiger partial charge in [-0.3, -0.25) is 4.79 Å². The molecule has 2 aromatic rings. The Balaban J connectivity index is 1.54. The van der Waals surface area contributed by atoms with Crippen LogP contribution in [0.1, 0.15) is 6.42 Å². The minimum absolute atomic E-state index is 0.0836. The predicted molar refractivity (Wildman–Crippen MR) is 118 cm³/mol. The third-order valence-electron chi connectivity index (χ3n) is 4.64. The minimum atomic E-state index is -0.213. The average Bonchev–Trinajstić information content (AvgIpc) is 2.75. The molecule has 1 aromatic heterocycles. The molecule has 1 N–H and O–H groups in total. The summed E-state index contributed by atoms with van der Waals surface area (Å²) in [5.41, 5.74) is 0.616. The number of rotatable bonds is 9. The predicted octanol–water partition coefficient (Wildman–Crippen LogP) is 2.84. The Bertz CT molecular complexity index is 852. The summed E-state index contributed by atoms with van der Waals surface area (Å²) in [7, 11) is 1.63. The Labute approximate surface area is 185 Å². The average molecular weight is 454 g/mol. The second-order valence-electron chi connectivity index (χ2n) is 6.74. The molecule has 1 saturated heterocycles. The number of anilines is 2. The molecule has 0 spiro atoms. The maximum atomic E-state index is 14.0. The summed E-state index contributed by atoms with van der Waals surface area (Å²) in [6, 6.07) is 8.52. The molecule has 0 saturated carbocycles. The van der Waals surface area contributed by atoms with Gasteiger partial charge in [-0.2, -0.15) is 0 Å². The summed E-state index contributed by atoms with van der Waals surface area (Å²) >= 11 is 7.43. The van der Waals surface area contributed by atoms with Gasteiger partial charge >= 0.3 is 0 Å². The minimum Gasteiger partial charge on any atom is -0.385 e. The number of para-hydroxylation sites is 1. The number of hydrogen-bond acceptors (Lipinski definition) is 7. The van der Waals surface area contributed by atoms with Crippen molar-refractivity contribution in [2.24, 2.45) is 0 Å². The number of thioether (sulfide) groups is 1. The summed E-state index contributed by atoms with van der Waals surface area (Å²) in [5.74, 6) is 0.634. The Morgan fingerprint density at radius 1 is 1.23 bits per heavy atom. The summed E-state index contributed by atoms with van der Waals surface area (Å²) in [6.07, 6.45) is 0.767. The summed E-state index contributed by atoms with van der Waals surface area (Å²) < 4.78 is 19.0. The summed E-state index contributed by atoms with van der Waals surface area (Å²) in [4.78, 5) is 24.8. The SMILES string of the molecule is COCCCNC(=O)CSc1nc(Cl)cc(N2CCN(c3ccccc3F)CC2)n1. The van der Waals surface area contributed by atoms with Crippen LogP contribution in [0.25, 0.3) is 0 Å². The monoisotopic (exact) mass is 453 g/mol. The van der Waals surface area contributed by atoms with Gasteiger partial charge < -0.3 is 19.9 Å². The maximum Gasteiger partial charge on any atom is 0.230 e. The van der Waals surface area contributed by atoms with E-state index in [1.165, 1.54) is 17.8 Å². The van der Waals surface area contributed by atoms with E-state index in [-0.39, 0.29) is 17.5 Å². The van der Waals surface area contributed by atoms with Crippen LogP contribution in [0.5, 0.6) is 0 Å². The maximum absolute atomic E-state index is 14.0. The van der Waals surface area contributed by atoms with Crippen molar-refractivity contribution in [2.75, 3.05) is 62.0 Å². The molecule has 1 aliphatic rings. The van der Waals surface area contributed by atoms with E-state index in [2.05, 4.69) is 20.2 Å². The van der Waals surface area contributed by atoms with Crippen LogP contribution in [-0.2, 0) is 9.53 Å². The highest BCUT2D eigenvalue weighted by Gasteiger charge is 2.21. The van der Waals surface area contributed by atoms with Gasteiger partial charge in [-0.25, -0.2) is 14.4 Å². The van der Waals surface area contributed by atoms with Crippen LogP contribution in [0.2, 0.25) is 5.15 Å². The Hall–Kier alpha value is -2.10. The first-order valence-corrected chi connectivity index (χ1v) is 11.1. The number of carbonyl (C=O) groups excluding carboxylic acids is 1. The summed E-state index contributed by atoms with van der Waals surface area (Å²) in [5, 5.41) is 3.62. The van der Waals surface area contributed by atoms with Crippen molar-refractivity contribution in [1.29, 1.82) is 0 Å². The Kier molecular flexibility index (Phi) is 8.53. The number of hydrogen-bond donors (Lipinski definition) is 1. The molecule has 1 aromatic carbocycles. The van der Waals surface area contributed by atoms with Crippen LogP contribution in [0, 0.1) is 5.82 Å². The van der Waals surface area contributed by atoms with Crippen molar-refractivity contribution in [3.63, 3.8) is 0 Å². The number of nitrogens with one attached hydrogen (secondary N) is 1. The van der Waals surface area contributed by atoms with Gasteiger partial charge in [-0.1, -0.05) is 35.5 Å². The van der Waals surface area contributed by atoms with E-state index in [0.29, 0.717) is 61.1 Å². The fourth-order valence-electron chi connectivity index (χ4n) is 3.12. The highest BCUT2D eigenvalue weighted by molar-refractivity contribution is 7.99. The smallest absolute Gasteiger partial charge is 0.230 e. The molecule has 0 unspecified atom stereocenters. The van der Waals surface area contributed by atoms with Crippen LogP contribution in [-0.4, -0.2) is 68.1 Å². The molecular formula is C20H25ClFN5O2S. The molecule has 1 amide bonds. The normalized spacial score (nSPS) is 14.1. The topological polar surface area (TPSA) is 70.6 Å². The van der Waals surface area contributed by atoms with Gasteiger partial charge in [0.05, 0.1) is 11.4 Å². The lowest BCUT2D eigenvalue weighted by atomic mass is 10.2. The zero-order valence-electron chi connectivity index (χ0n) is 16.8.